The SMILES string of the molecule is O=S(=O)(c1ccc(N2CCN(c3ccc(F)cc3)CC2)nc1)N1CCOCC1. The van der Waals surface area contributed by atoms with E-state index in [0.717, 1.165) is 37.7 Å². The maximum atomic E-state index is 13.1. The first kappa shape index (κ1) is 19.1. The van der Waals surface area contributed by atoms with Crippen LogP contribution in [-0.2, 0) is 14.8 Å². The van der Waals surface area contributed by atoms with Crippen LogP contribution in [0.15, 0.2) is 47.5 Å². The Balaban J connectivity index is 1.40. The molecule has 0 amide bonds. The van der Waals surface area contributed by atoms with Crippen LogP contribution < -0.4 is 9.80 Å². The standard InChI is InChI=1S/C19H23FN4O3S/c20-16-1-3-17(4-2-16)22-7-9-23(10-8-22)19-6-5-18(15-21-19)28(25,26)24-11-13-27-14-12-24/h1-6,15H,7-14H2. The summed E-state index contributed by atoms with van der Waals surface area (Å²) in [6.07, 6.45) is 1.44. The average molecular weight is 406 g/mol. The van der Waals surface area contributed by atoms with Gasteiger partial charge in [0.2, 0.25) is 10.0 Å². The van der Waals surface area contributed by atoms with Gasteiger partial charge in [0.25, 0.3) is 0 Å². The molecule has 2 aliphatic heterocycles. The molecule has 0 aliphatic carbocycles. The summed E-state index contributed by atoms with van der Waals surface area (Å²) >= 11 is 0. The summed E-state index contributed by atoms with van der Waals surface area (Å²) < 4.78 is 45.1. The zero-order valence-corrected chi connectivity index (χ0v) is 16.3. The van der Waals surface area contributed by atoms with Crippen molar-refractivity contribution in [3.8, 4) is 0 Å². The molecule has 0 saturated carbocycles. The van der Waals surface area contributed by atoms with Gasteiger partial charge in [-0.05, 0) is 36.4 Å². The van der Waals surface area contributed by atoms with Crippen molar-refractivity contribution in [1.82, 2.24) is 9.29 Å². The second kappa shape index (κ2) is 8.02. The Morgan fingerprint density at radius 2 is 1.50 bits per heavy atom. The number of hydrogen-bond donors (Lipinski definition) is 0. The molecular formula is C19H23FN4O3S. The fraction of sp³-hybridized carbons (Fsp3) is 0.421. The van der Waals surface area contributed by atoms with Gasteiger partial charge >= 0.3 is 0 Å². The van der Waals surface area contributed by atoms with E-state index < -0.39 is 10.0 Å². The van der Waals surface area contributed by atoms with E-state index in [1.807, 2.05) is 0 Å². The van der Waals surface area contributed by atoms with Gasteiger partial charge in [0.1, 0.15) is 16.5 Å². The lowest BCUT2D eigenvalue weighted by atomic mass is 10.2. The summed E-state index contributed by atoms with van der Waals surface area (Å²) in [5, 5.41) is 0. The number of rotatable bonds is 4. The molecule has 9 heteroatoms. The van der Waals surface area contributed by atoms with Gasteiger partial charge in [-0.25, -0.2) is 17.8 Å². The van der Waals surface area contributed by atoms with Crippen molar-refractivity contribution in [1.29, 1.82) is 0 Å². The number of pyridine rings is 1. The lowest BCUT2D eigenvalue weighted by molar-refractivity contribution is 0.0730. The van der Waals surface area contributed by atoms with Gasteiger partial charge in [-0.1, -0.05) is 0 Å². The Kier molecular flexibility index (Phi) is 5.47. The third-order valence-electron chi connectivity index (χ3n) is 5.12. The van der Waals surface area contributed by atoms with Crippen LogP contribution in [0.2, 0.25) is 0 Å². The number of morpholine rings is 1. The quantitative estimate of drug-likeness (QED) is 0.768. The molecule has 3 heterocycles. The molecule has 150 valence electrons. The molecule has 0 unspecified atom stereocenters. The number of halogens is 1. The van der Waals surface area contributed by atoms with Gasteiger partial charge < -0.3 is 14.5 Å². The zero-order chi connectivity index (χ0) is 19.6. The topological polar surface area (TPSA) is 66.0 Å². The van der Waals surface area contributed by atoms with Gasteiger partial charge in [0.15, 0.2) is 0 Å². The third-order valence-corrected chi connectivity index (χ3v) is 7.01. The first-order valence-electron chi connectivity index (χ1n) is 9.33. The van der Waals surface area contributed by atoms with Crippen molar-refractivity contribution in [2.75, 3.05) is 62.3 Å². The van der Waals surface area contributed by atoms with Gasteiger partial charge in [0.05, 0.1) is 13.2 Å². The Bertz CT molecular complexity index is 892. The zero-order valence-electron chi connectivity index (χ0n) is 15.5. The van der Waals surface area contributed by atoms with Crippen LogP contribution in [0.1, 0.15) is 0 Å². The minimum Gasteiger partial charge on any atom is -0.379 e. The van der Waals surface area contributed by atoms with Crippen LogP contribution in [0.3, 0.4) is 0 Å². The lowest BCUT2D eigenvalue weighted by Crippen LogP contribution is -2.46. The molecule has 0 bridgehead atoms. The molecule has 0 atom stereocenters. The molecule has 2 aromatic rings. The van der Waals surface area contributed by atoms with Gasteiger partial charge in [0, 0.05) is 51.2 Å². The highest BCUT2D eigenvalue weighted by atomic mass is 32.2. The number of anilines is 2. The van der Waals surface area contributed by atoms with E-state index in [1.165, 1.54) is 22.6 Å². The fourth-order valence-corrected chi connectivity index (χ4v) is 4.85. The van der Waals surface area contributed by atoms with Gasteiger partial charge in [-0.15, -0.1) is 0 Å². The molecule has 0 radical (unpaired) electrons. The van der Waals surface area contributed by atoms with Crippen molar-refractivity contribution < 1.29 is 17.5 Å². The molecule has 28 heavy (non-hydrogen) atoms. The molecule has 0 N–H and O–H groups in total. The number of ether oxygens (including phenoxy) is 1. The fourth-order valence-electron chi connectivity index (χ4n) is 3.49. The minimum absolute atomic E-state index is 0.211. The van der Waals surface area contributed by atoms with Crippen molar-refractivity contribution in [3.63, 3.8) is 0 Å². The second-order valence-electron chi connectivity index (χ2n) is 6.82. The summed E-state index contributed by atoms with van der Waals surface area (Å²) in [7, 11) is -3.52. The summed E-state index contributed by atoms with van der Waals surface area (Å²) in [6.45, 7) is 4.69. The molecule has 2 aliphatic rings. The largest absolute Gasteiger partial charge is 0.379 e. The first-order valence-corrected chi connectivity index (χ1v) is 10.8. The van der Waals surface area contributed by atoms with Crippen molar-refractivity contribution in [2.45, 2.75) is 4.90 Å². The molecule has 1 aromatic heterocycles. The van der Waals surface area contributed by atoms with Crippen LogP contribution in [0.5, 0.6) is 0 Å². The molecular weight excluding hydrogens is 383 g/mol. The molecule has 1 aromatic carbocycles. The highest BCUT2D eigenvalue weighted by molar-refractivity contribution is 7.89. The number of hydrogen-bond acceptors (Lipinski definition) is 6. The van der Waals surface area contributed by atoms with Crippen LogP contribution in [0.4, 0.5) is 15.9 Å². The van der Waals surface area contributed by atoms with Crippen molar-refractivity contribution >= 4 is 21.5 Å². The van der Waals surface area contributed by atoms with Gasteiger partial charge in [-0.3, -0.25) is 0 Å². The highest BCUT2D eigenvalue weighted by Gasteiger charge is 2.27. The van der Waals surface area contributed by atoms with Crippen LogP contribution in [-0.4, -0.2) is 70.2 Å². The number of sulfonamides is 1. The van der Waals surface area contributed by atoms with E-state index >= 15 is 0 Å². The van der Waals surface area contributed by atoms with Crippen LogP contribution >= 0.6 is 0 Å². The van der Waals surface area contributed by atoms with Crippen LogP contribution in [0, 0.1) is 5.82 Å². The third kappa shape index (κ3) is 3.96. The Morgan fingerprint density at radius 1 is 0.857 bits per heavy atom. The van der Waals surface area contributed by atoms with E-state index in [-0.39, 0.29) is 10.7 Å². The number of nitrogens with zero attached hydrogens (tertiary/aromatic N) is 4. The Labute approximate surface area is 164 Å². The number of piperazine rings is 1. The summed E-state index contributed by atoms with van der Waals surface area (Å²) in [4.78, 5) is 8.94. The average Bonchev–Trinajstić information content (AvgIpc) is 2.75. The monoisotopic (exact) mass is 406 g/mol. The van der Waals surface area contributed by atoms with E-state index in [0.29, 0.717) is 26.3 Å². The predicted molar refractivity (Wildman–Crippen MR) is 105 cm³/mol. The van der Waals surface area contributed by atoms with Crippen LogP contribution in [0.25, 0.3) is 0 Å². The smallest absolute Gasteiger partial charge is 0.244 e. The normalized spacial score (nSPS) is 19.0. The predicted octanol–water partition coefficient (Wildman–Crippen LogP) is 1.57. The van der Waals surface area contributed by atoms with E-state index in [1.54, 1.807) is 24.3 Å². The van der Waals surface area contributed by atoms with E-state index in [4.69, 9.17) is 4.74 Å². The summed E-state index contributed by atoms with van der Waals surface area (Å²) in [5.74, 6) is 0.526. The maximum absolute atomic E-state index is 13.1. The van der Waals surface area contributed by atoms with Gasteiger partial charge in [-0.2, -0.15) is 4.31 Å². The minimum atomic E-state index is -3.52. The van der Waals surface area contributed by atoms with E-state index in [2.05, 4.69) is 14.8 Å². The van der Waals surface area contributed by atoms with Crippen molar-refractivity contribution in [3.05, 3.63) is 48.4 Å². The molecule has 4 rings (SSSR count). The molecule has 2 fully saturated rings. The second-order valence-corrected chi connectivity index (χ2v) is 8.76. The van der Waals surface area contributed by atoms with Crippen molar-refractivity contribution in [2.24, 2.45) is 0 Å². The maximum Gasteiger partial charge on any atom is 0.244 e. The summed E-state index contributed by atoms with van der Waals surface area (Å²) in [5.41, 5.74) is 1.00. The van der Waals surface area contributed by atoms with E-state index in [9.17, 15) is 12.8 Å². The molecule has 7 nitrogen and oxygen atoms in total. The number of aromatic nitrogens is 1. The highest BCUT2D eigenvalue weighted by Crippen LogP contribution is 2.22. The lowest BCUT2D eigenvalue weighted by Gasteiger charge is -2.36. The molecule has 2 saturated heterocycles. The first-order chi connectivity index (χ1) is 13.5. The summed E-state index contributed by atoms with van der Waals surface area (Å²) in [6, 6.07) is 9.90. The number of benzene rings is 1. The Morgan fingerprint density at radius 3 is 2.11 bits per heavy atom. The molecule has 0 spiro atoms. The Hall–Kier alpha value is -2.23.